The predicted molar refractivity (Wildman–Crippen MR) is 53.6 cm³/mol. The molecule has 0 aliphatic rings. The summed E-state index contributed by atoms with van der Waals surface area (Å²) in [5.41, 5.74) is 0. The molecular formula is C8H19NO3S. The van der Waals surface area contributed by atoms with Crippen LogP contribution in [0.5, 0.6) is 0 Å². The van der Waals surface area contributed by atoms with Gasteiger partial charge < -0.3 is 10.1 Å². The molecule has 0 saturated heterocycles. The molecule has 2 unspecified atom stereocenters. The Morgan fingerprint density at radius 1 is 1.38 bits per heavy atom. The Labute approximate surface area is 80.6 Å². The van der Waals surface area contributed by atoms with Crippen LogP contribution in [-0.4, -0.2) is 46.2 Å². The lowest BCUT2D eigenvalue weighted by molar-refractivity contribution is 0.217. The van der Waals surface area contributed by atoms with E-state index in [2.05, 4.69) is 5.32 Å². The molecule has 0 saturated carbocycles. The van der Waals surface area contributed by atoms with Gasteiger partial charge in [-0.3, -0.25) is 0 Å². The van der Waals surface area contributed by atoms with Crippen LogP contribution >= 0.6 is 0 Å². The van der Waals surface area contributed by atoms with E-state index in [0.717, 1.165) is 0 Å². The topological polar surface area (TPSA) is 55.4 Å². The van der Waals surface area contributed by atoms with E-state index in [9.17, 15) is 8.42 Å². The lowest BCUT2D eigenvalue weighted by Gasteiger charge is -2.19. The third kappa shape index (κ3) is 4.06. The number of ether oxygens (including phenoxy) is 1. The van der Waals surface area contributed by atoms with Crippen LogP contribution < -0.4 is 5.32 Å². The van der Waals surface area contributed by atoms with Gasteiger partial charge in [-0.15, -0.1) is 0 Å². The maximum Gasteiger partial charge on any atom is 0.156 e. The summed E-state index contributed by atoms with van der Waals surface area (Å²) in [6.45, 7) is 3.84. The van der Waals surface area contributed by atoms with Gasteiger partial charge in [0.25, 0.3) is 0 Å². The molecule has 1 N–H and O–H groups in total. The zero-order valence-corrected chi connectivity index (χ0v) is 9.52. The molecule has 80 valence electrons. The van der Waals surface area contributed by atoms with E-state index in [-0.39, 0.29) is 23.7 Å². The van der Waals surface area contributed by atoms with Gasteiger partial charge >= 0.3 is 0 Å². The molecule has 0 aromatic carbocycles. The molecular weight excluding hydrogens is 190 g/mol. The first kappa shape index (κ1) is 12.9. The molecule has 0 aromatic rings. The van der Waals surface area contributed by atoms with Crippen molar-refractivity contribution in [2.24, 2.45) is 0 Å². The van der Waals surface area contributed by atoms with E-state index in [1.54, 1.807) is 14.0 Å². The number of methoxy groups -OCH3 is 1. The number of nitrogens with one attached hydrogen (secondary N) is 1. The van der Waals surface area contributed by atoms with E-state index < -0.39 is 9.84 Å². The SMILES string of the molecule is CNC(C)C(C)S(=O)(=O)CCOC. The van der Waals surface area contributed by atoms with Crippen LogP contribution in [0.1, 0.15) is 13.8 Å². The first-order chi connectivity index (χ1) is 5.95. The van der Waals surface area contributed by atoms with Gasteiger partial charge in [-0.25, -0.2) is 8.42 Å². The molecule has 2 atom stereocenters. The van der Waals surface area contributed by atoms with Gasteiger partial charge in [0, 0.05) is 13.2 Å². The fraction of sp³-hybridized carbons (Fsp3) is 1.00. The molecule has 0 bridgehead atoms. The molecule has 0 heterocycles. The molecule has 0 fully saturated rings. The van der Waals surface area contributed by atoms with Crippen molar-refractivity contribution in [1.29, 1.82) is 0 Å². The Morgan fingerprint density at radius 3 is 2.31 bits per heavy atom. The quantitative estimate of drug-likeness (QED) is 0.671. The first-order valence-corrected chi connectivity index (χ1v) is 6.05. The van der Waals surface area contributed by atoms with Crippen LogP contribution in [0.15, 0.2) is 0 Å². The van der Waals surface area contributed by atoms with Crippen molar-refractivity contribution in [3.63, 3.8) is 0 Å². The van der Waals surface area contributed by atoms with Gasteiger partial charge in [0.2, 0.25) is 0 Å². The molecule has 0 aromatic heterocycles. The number of hydrogen-bond acceptors (Lipinski definition) is 4. The molecule has 0 aliphatic carbocycles. The molecule has 0 radical (unpaired) electrons. The summed E-state index contributed by atoms with van der Waals surface area (Å²) in [5, 5.41) is 2.56. The molecule has 4 nitrogen and oxygen atoms in total. The highest BCUT2D eigenvalue weighted by molar-refractivity contribution is 7.92. The Bertz CT molecular complexity index is 226. The Balaban J connectivity index is 4.28. The third-order valence-electron chi connectivity index (χ3n) is 2.30. The minimum atomic E-state index is -3.02. The molecule has 0 rings (SSSR count). The van der Waals surface area contributed by atoms with Crippen molar-refractivity contribution in [3.05, 3.63) is 0 Å². The van der Waals surface area contributed by atoms with Crippen molar-refractivity contribution in [1.82, 2.24) is 5.32 Å². The van der Waals surface area contributed by atoms with Crippen LogP contribution in [0, 0.1) is 0 Å². The zero-order valence-electron chi connectivity index (χ0n) is 8.70. The van der Waals surface area contributed by atoms with Crippen LogP contribution in [0.4, 0.5) is 0 Å². The Hall–Kier alpha value is -0.130. The highest BCUT2D eigenvalue weighted by Gasteiger charge is 2.24. The summed E-state index contributed by atoms with van der Waals surface area (Å²) in [4.78, 5) is 0. The van der Waals surface area contributed by atoms with E-state index in [4.69, 9.17) is 4.74 Å². The van der Waals surface area contributed by atoms with Gasteiger partial charge in [0.05, 0.1) is 17.6 Å². The van der Waals surface area contributed by atoms with Gasteiger partial charge in [0.1, 0.15) is 0 Å². The zero-order chi connectivity index (χ0) is 10.5. The normalized spacial score (nSPS) is 16.9. The fourth-order valence-electron chi connectivity index (χ4n) is 0.931. The Kier molecular flexibility index (Phi) is 5.51. The van der Waals surface area contributed by atoms with Crippen molar-refractivity contribution in [2.75, 3.05) is 26.5 Å². The maximum atomic E-state index is 11.6. The van der Waals surface area contributed by atoms with E-state index in [1.807, 2.05) is 6.92 Å². The molecule has 0 aliphatic heterocycles. The summed E-state index contributed by atoms with van der Waals surface area (Å²) in [5.74, 6) is 0.0939. The van der Waals surface area contributed by atoms with Gasteiger partial charge in [-0.05, 0) is 20.9 Å². The number of hydrogen-bond donors (Lipinski definition) is 1. The van der Waals surface area contributed by atoms with Crippen LogP contribution in [0.2, 0.25) is 0 Å². The van der Waals surface area contributed by atoms with Gasteiger partial charge in [-0.1, -0.05) is 0 Å². The average Bonchev–Trinajstić information content (AvgIpc) is 2.12. The maximum absolute atomic E-state index is 11.6. The van der Waals surface area contributed by atoms with E-state index >= 15 is 0 Å². The summed E-state index contributed by atoms with van der Waals surface area (Å²) in [6.07, 6.45) is 0. The van der Waals surface area contributed by atoms with Gasteiger partial charge in [-0.2, -0.15) is 0 Å². The predicted octanol–water partition coefficient (Wildman–Crippen LogP) is 0.0440. The number of sulfone groups is 1. The summed E-state index contributed by atoms with van der Waals surface area (Å²) in [6, 6.07) is -0.0261. The fourth-order valence-corrected chi connectivity index (χ4v) is 2.46. The molecule has 0 spiro atoms. The summed E-state index contributed by atoms with van der Waals surface area (Å²) < 4.78 is 27.9. The largest absolute Gasteiger partial charge is 0.384 e. The minimum Gasteiger partial charge on any atom is -0.384 e. The molecule has 0 amide bonds. The van der Waals surface area contributed by atoms with Crippen LogP contribution in [-0.2, 0) is 14.6 Å². The Morgan fingerprint density at radius 2 is 1.92 bits per heavy atom. The van der Waals surface area contributed by atoms with Crippen molar-refractivity contribution >= 4 is 9.84 Å². The van der Waals surface area contributed by atoms with Gasteiger partial charge in [0.15, 0.2) is 9.84 Å². The van der Waals surface area contributed by atoms with Crippen molar-refractivity contribution < 1.29 is 13.2 Å². The lowest BCUT2D eigenvalue weighted by atomic mass is 10.3. The molecule has 13 heavy (non-hydrogen) atoms. The van der Waals surface area contributed by atoms with Crippen LogP contribution in [0.25, 0.3) is 0 Å². The summed E-state index contributed by atoms with van der Waals surface area (Å²) >= 11 is 0. The van der Waals surface area contributed by atoms with Crippen molar-refractivity contribution in [2.45, 2.75) is 25.1 Å². The van der Waals surface area contributed by atoms with E-state index in [0.29, 0.717) is 0 Å². The summed E-state index contributed by atoms with van der Waals surface area (Å²) in [7, 11) is 0.237. The minimum absolute atomic E-state index is 0.0261. The highest BCUT2D eigenvalue weighted by Crippen LogP contribution is 2.06. The van der Waals surface area contributed by atoms with E-state index in [1.165, 1.54) is 7.11 Å². The first-order valence-electron chi connectivity index (χ1n) is 4.33. The average molecular weight is 209 g/mol. The van der Waals surface area contributed by atoms with Crippen LogP contribution in [0.3, 0.4) is 0 Å². The third-order valence-corrected chi connectivity index (χ3v) is 4.57. The highest BCUT2D eigenvalue weighted by atomic mass is 32.2. The monoisotopic (exact) mass is 209 g/mol. The second kappa shape index (κ2) is 5.57. The smallest absolute Gasteiger partial charge is 0.156 e. The standard InChI is InChI=1S/C8H19NO3S/c1-7(9-3)8(2)13(10,11)6-5-12-4/h7-9H,5-6H2,1-4H3. The molecule has 5 heteroatoms. The second-order valence-corrected chi connectivity index (χ2v) is 5.62. The lowest BCUT2D eigenvalue weighted by Crippen LogP contribution is -2.39. The second-order valence-electron chi connectivity index (χ2n) is 3.14. The van der Waals surface area contributed by atoms with Crippen molar-refractivity contribution in [3.8, 4) is 0 Å². The number of rotatable bonds is 6.